The number of nitrogens with two attached hydrogens (primary N) is 2. The minimum absolute atomic E-state index is 0.224. The van der Waals surface area contributed by atoms with Gasteiger partial charge in [-0.1, -0.05) is 51.0 Å². The summed E-state index contributed by atoms with van der Waals surface area (Å²) in [5, 5.41) is 28.4. The highest BCUT2D eigenvalue weighted by Gasteiger charge is 2.08. The van der Waals surface area contributed by atoms with Gasteiger partial charge in [0.15, 0.2) is 0 Å². The third-order valence-electron chi connectivity index (χ3n) is 4.55. The number of rotatable bonds is 10. The minimum atomic E-state index is -0.373. The van der Waals surface area contributed by atoms with Crippen molar-refractivity contribution in [2.45, 2.75) is 39.5 Å². The number of hydrogen-bond acceptors (Lipinski definition) is 5. The first-order chi connectivity index (χ1) is 16.3. The molecular weight excluding hydrogens is 432 g/mol. The molecule has 0 heterocycles. The molecule has 0 saturated carbocycles. The molecule has 0 radical (unpaired) electrons. The summed E-state index contributed by atoms with van der Waals surface area (Å²) in [5.74, 6) is -0.448. The molecule has 34 heavy (non-hydrogen) atoms. The van der Waals surface area contributed by atoms with Crippen LogP contribution in [-0.2, 0) is 0 Å². The van der Waals surface area contributed by atoms with Crippen molar-refractivity contribution in [1.29, 1.82) is 10.8 Å². The Morgan fingerprint density at radius 1 is 0.735 bits per heavy atom. The molecule has 0 bridgehead atoms. The van der Waals surface area contributed by atoms with Crippen molar-refractivity contribution in [1.82, 2.24) is 10.9 Å². The molecule has 11 heteroatoms. The van der Waals surface area contributed by atoms with E-state index < -0.39 is 0 Å². The van der Waals surface area contributed by atoms with Crippen LogP contribution in [0.15, 0.2) is 58.7 Å². The smallest absolute Gasteiger partial charge is 0.323 e. The van der Waals surface area contributed by atoms with Crippen LogP contribution in [0.2, 0.25) is 0 Å². The van der Waals surface area contributed by atoms with Crippen LogP contribution in [-0.4, -0.2) is 29.4 Å². The fraction of sp³-hybridized carbons (Fsp3) is 0.261. The number of amides is 2. The summed E-state index contributed by atoms with van der Waals surface area (Å²) >= 11 is 0. The summed E-state index contributed by atoms with van der Waals surface area (Å²) in [4.78, 5) is 12.4. The summed E-state index contributed by atoms with van der Waals surface area (Å²) in [5.41, 5.74) is 20.1. The van der Waals surface area contributed by atoms with E-state index in [1.165, 1.54) is 0 Å². The number of carbonyl (C=O) groups is 1. The van der Waals surface area contributed by atoms with Gasteiger partial charge >= 0.3 is 6.03 Å². The molecule has 0 unspecified atom stereocenters. The Morgan fingerprint density at radius 2 is 1.09 bits per heavy atom. The Morgan fingerprint density at radius 3 is 1.38 bits per heavy atom. The van der Waals surface area contributed by atoms with Gasteiger partial charge in [0, 0.05) is 11.4 Å². The average Bonchev–Trinajstić information content (AvgIpc) is 2.80. The fourth-order valence-corrected chi connectivity index (χ4v) is 3.04. The Kier molecular flexibility index (Phi) is 10.0. The zero-order chi connectivity index (χ0) is 24.9. The van der Waals surface area contributed by atoms with Gasteiger partial charge in [-0.3, -0.25) is 10.8 Å². The summed E-state index contributed by atoms with van der Waals surface area (Å²) in [7, 11) is 0. The highest BCUT2D eigenvalue weighted by Crippen LogP contribution is 2.15. The van der Waals surface area contributed by atoms with E-state index in [-0.39, 0.29) is 18.0 Å². The third kappa shape index (κ3) is 8.61. The lowest BCUT2D eigenvalue weighted by molar-refractivity contribution is 0.262. The summed E-state index contributed by atoms with van der Waals surface area (Å²) in [6.45, 7) is 4.08. The van der Waals surface area contributed by atoms with Crippen LogP contribution >= 0.6 is 0 Å². The number of benzene rings is 2. The molecule has 0 saturated heterocycles. The summed E-state index contributed by atoms with van der Waals surface area (Å²) < 4.78 is 0. The van der Waals surface area contributed by atoms with E-state index in [4.69, 9.17) is 22.3 Å². The molecule has 2 rings (SSSR count). The van der Waals surface area contributed by atoms with Crippen LogP contribution in [0.1, 0.15) is 50.7 Å². The number of hydrogen-bond donors (Lipinski definition) is 8. The molecule has 0 atom stereocenters. The van der Waals surface area contributed by atoms with Crippen LogP contribution in [0.3, 0.4) is 0 Å². The molecule has 10 N–H and O–H groups in total. The molecule has 2 amide bonds. The minimum Gasteiger partial charge on any atom is -0.369 e. The first kappa shape index (κ1) is 25.8. The van der Waals surface area contributed by atoms with Crippen molar-refractivity contribution in [2.75, 3.05) is 10.6 Å². The number of urea groups is 1. The number of nitrogens with zero attached hydrogens (tertiary/aromatic N) is 2. The molecule has 0 spiro atoms. The number of hydrazone groups is 2. The van der Waals surface area contributed by atoms with Crippen molar-refractivity contribution < 1.29 is 4.79 Å². The predicted octanol–water partition coefficient (Wildman–Crippen LogP) is 3.31. The van der Waals surface area contributed by atoms with Gasteiger partial charge in [0.05, 0.1) is 11.4 Å². The lowest BCUT2D eigenvalue weighted by Gasteiger charge is -2.11. The van der Waals surface area contributed by atoms with E-state index in [1.54, 1.807) is 24.3 Å². The van der Waals surface area contributed by atoms with Crippen molar-refractivity contribution >= 4 is 40.7 Å². The van der Waals surface area contributed by atoms with Gasteiger partial charge in [-0.15, -0.1) is 0 Å². The Balaban J connectivity index is 2.01. The number of nitrogens with one attached hydrogen (secondary N) is 6. The maximum atomic E-state index is 12.4. The molecule has 180 valence electrons. The normalized spacial score (nSPS) is 11.5. The zero-order valence-corrected chi connectivity index (χ0v) is 19.4. The molecule has 2 aromatic carbocycles. The Labute approximate surface area is 199 Å². The summed E-state index contributed by atoms with van der Waals surface area (Å²) in [6, 6.07) is 14.2. The molecular formula is C23H32N10O. The maximum absolute atomic E-state index is 12.4. The first-order valence-electron chi connectivity index (χ1n) is 10.9. The van der Waals surface area contributed by atoms with Gasteiger partial charge in [0.25, 0.3) is 0 Å². The van der Waals surface area contributed by atoms with Crippen molar-refractivity contribution in [2.24, 2.45) is 21.7 Å². The molecule has 0 aliphatic heterocycles. The molecule has 0 fully saturated rings. The third-order valence-corrected chi connectivity index (χ3v) is 4.55. The molecule has 0 aliphatic rings. The van der Waals surface area contributed by atoms with Crippen LogP contribution < -0.4 is 33.0 Å². The second-order valence-corrected chi connectivity index (χ2v) is 7.40. The van der Waals surface area contributed by atoms with Gasteiger partial charge in [-0.05, 0) is 48.2 Å². The average molecular weight is 465 g/mol. The first-order valence-corrected chi connectivity index (χ1v) is 10.9. The topological polar surface area (TPSA) is 190 Å². The second kappa shape index (κ2) is 13.2. The van der Waals surface area contributed by atoms with Crippen LogP contribution in [0.25, 0.3) is 0 Å². The maximum Gasteiger partial charge on any atom is 0.323 e. The van der Waals surface area contributed by atoms with Crippen LogP contribution in [0, 0.1) is 10.8 Å². The second-order valence-electron chi connectivity index (χ2n) is 7.40. The van der Waals surface area contributed by atoms with E-state index in [2.05, 4.69) is 31.7 Å². The van der Waals surface area contributed by atoms with Gasteiger partial charge in [0.2, 0.25) is 11.9 Å². The highest BCUT2D eigenvalue weighted by molar-refractivity contribution is 6.04. The van der Waals surface area contributed by atoms with Crippen LogP contribution in [0.4, 0.5) is 16.2 Å². The monoisotopic (exact) mass is 464 g/mol. The fourth-order valence-electron chi connectivity index (χ4n) is 3.04. The number of carbonyl (C=O) groups excluding carboxylic acids is 1. The molecule has 0 aliphatic carbocycles. The van der Waals surface area contributed by atoms with E-state index in [9.17, 15) is 4.79 Å². The molecule has 11 nitrogen and oxygen atoms in total. The van der Waals surface area contributed by atoms with E-state index >= 15 is 0 Å². The highest BCUT2D eigenvalue weighted by atomic mass is 16.2. The van der Waals surface area contributed by atoms with E-state index in [1.807, 2.05) is 38.1 Å². The SMILES string of the molecule is CCCC(=NNC(=N)N)c1ccc(NC(=O)Nc2ccc(C(CCC)=NNC(=N)N)cc2)cc1. The van der Waals surface area contributed by atoms with Gasteiger partial charge in [-0.2, -0.15) is 10.2 Å². The number of anilines is 2. The molecule has 2 aromatic rings. The predicted molar refractivity (Wildman–Crippen MR) is 139 cm³/mol. The Hall–Kier alpha value is -4.41. The van der Waals surface area contributed by atoms with E-state index in [0.717, 1.165) is 48.2 Å². The lowest BCUT2D eigenvalue weighted by atomic mass is 10.1. The zero-order valence-electron chi connectivity index (χ0n) is 19.4. The van der Waals surface area contributed by atoms with Crippen LogP contribution in [0.5, 0.6) is 0 Å². The summed E-state index contributed by atoms with van der Waals surface area (Å²) in [6.07, 6.45) is 3.22. The van der Waals surface area contributed by atoms with Gasteiger partial charge in [-0.25, -0.2) is 15.6 Å². The molecule has 0 aromatic heterocycles. The largest absolute Gasteiger partial charge is 0.369 e. The quantitative estimate of drug-likeness (QED) is 0.152. The van der Waals surface area contributed by atoms with Gasteiger partial charge < -0.3 is 22.1 Å². The number of guanidine groups is 2. The lowest BCUT2D eigenvalue weighted by Crippen LogP contribution is -2.27. The standard InChI is InChI=1S/C23H32N10O/c1-3-5-19(30-32-21(24)25)15-7-11-17(12-8-15)28-23(34)29-18-13-9-16(10-14-18)20(6-4-2)31-33-22(26)27/h7-14H,3-6H2,1-2H3,(H4,24,25,32)(H4,26,27,33)(H2,28,29,34). The Bertz CT molecular complexity index is 959. The van der Waals surface area contributed by atoms with Crippen molar-refractivity contribution in [3.05, 3.63) is 59.7 Å². The van der Waals surface area contributed by atoms with E-state index in [0.29, 0.717) is 11.4 Å². The van der Waals surface area contributed by atoms with Crippen molar-refractivity contribution in [3.8, 4) is 0 Å². The van der Waals surface area contributed by atoms with Gasteiger partial charge in [0.1, 0.15) is 0 Å². The van der Waals surface area contributed by atoms with Crippen molar-refractivity contribution in [3.63, 3.8) is 0 Å².